The summed E-state index contributed by atoms with van der Waals surface area (Å²) >= 11 is 0. The molecule has 0 saturated carbocycles. The number of anilines is 1. The predicted molar refractivity (Wildman–Crippen MR) is 67.2 cm³/mol. The second-order valence-electron chi connectivity index (χ2n) is 4.53. The van der Waals surface area contributed by atoms with E-state index < -0.39 is 12.7 Å². The molecule has 18 heavy (non-hydrogen) atoms. The normalized spacial score (nSPS) is 12.1. The van der Waals surface area contributed by atoms with Gasteiger partial charge in [-0.1, -0.05) is 24.6 Å². The Labute approximate surface area is 106 Å². The summed E-state index contributed by atoms with van der Waals surface area (Å²) in [5.41, 5.74) is 8.09. The summed E-state index contributed by atoms with van der Waals surface area (Å²) in [6.07, 6.45) is -3.49. The summed E-state index contributed by atoms with van der Waals surface area (Å²) in [6, 6.07) is 5.43. The molecule has 0 aromatic heterocycles. The van der Waals surface area contributed by atoms with Gasteiger partial charge in [-0.3, -0.25) is 4.90 Å². The quantitative estimate of drug-likeness (QED) is 0.823. The summed E-state index contributed by atoms with van der Waals surface area (Å²) in [4.78, 5) is 1.38. The molecule has 102 valence electrons. The van der Waals surface area contributed by atoms with Crippen molar-refractivity contribution in [3.8, 4) is 0 Å². The van der Waals surface area contributed by atoms with Crippen molar-refractivity contribution in [2.75, 3.05) is 18.8 Å². The molecule has 1 aromatic carbocycles. The Kier molecular flexibility index (Phi) is 5.02. The molecule has 0 unspecified atom stereocenters. The molecule has 2 N–H and O–H groups in total. The lowest BCUT2D eigenvalue weighted by molar-refractivity contribution is -0.147. The zero-order chi connectivity index (χ0) is 13.8. The number of rotatable bonds is 5. The van der Waals surface area contributed by atoms with Crippen molar-refractivity contribution in [2.24, 2.45) is 0 Å². The minimum Gasteiger partial charge on any atom is -0.398 e. The Hall–Kier alpha value is -1.23. The van der Waals surface area contributed by atoms with Crippen LogP contribution in [0.3, 0.4) is 0 Å². The summed E-state index contributed by atoms with van der Waals surface area (Å²) < 4.78 is 37.3. The Morgan fingerprint density at radius 2 is 1.94 bits per heavy atom. The Morgan fingerprint density at radius 1 is 1.28 bits per heavy atom. The molecule has 0 bridgehead atoms. The van der Waals surface area contributed by atoms with E-state index in [0.717, 1.165) is 11.1 Å². The summed E-state index contributed by atoms with van der Waals surface area (Å²) in [5.74, 6) is 0. The van der Waals surface area contributed by atoms with Crippen LogP contribution in [0, 0.1) is 6.92 Å². The van der Waals surface area contributed by atoms with Gasteiger partial charge in [0.1, 0.15) is 0 Å². The highest BCUT2D eigenvalue weighted by Crippen LogP contribution is 2.21. The van der Waals surface area contributed by atoms with Crippen molar-refractivity contribution in [3.63, 3.8) is 0 Å². The number of nitrogens with zero attached hydrogens (tertiary/aromatic N) is 1. The largest absolute Gasteiger partial charge is 0.401 e. The van der Waals surface area contributed by atoms with Crippen molar-refractivity contribution < 1.29 is 13.2 Å². The van der Waals surface area contributed by atoms with Gasteiger partial charge >= 0.3 is 6.18 Å². The molecule has 0 aliphatic heterocycles. The van der Waals surface area contributed by atoms with Gasteiger partial charge < -0.3 is 5.73 Å². The third-order valence-corrected chi connectivity index (χ3v) is 2.64. The average Bonchev–Trinajstić information content (AvgIpc) is 2.21. The molecule has 0 radical (unpaired) electrons. The number of halogens is 3. The van der Waals surface area contributed by atoms with Crippen LogP contribution in [-0.2, 0) is 6.54 Å². The van der Waals surface area contributed by atoms with Gasteiger partial charge in [-0.15, -0.1) is 0 Å². The predicted octanol–water partition coefficient (Wildman–Crippen LogP) is 3.35. The van der Waals surface area contributed by atoms with Gasteiger partial charge in [-0.05, 0) is 31.5 Å². The van der Waals surface area contributed by atoms with Crippen LogP contribution in [0.15, 0.2) is 18.2 Å². The molecule has 0 saturated heterocycles. The van der Waals surface area contributed by atoms with E-state index in [9.17, 15) is 13.2 Å². The molecular weight excluding hydrogens is 241 g/mol. The van der Waals surface area contributed by atoms with Crippen LogP contribution in [0.25, 0.3) is 0 Å². The van der Waals surface area contributed by atoms with E-state index in [0.29, 0.717) is 18.7 Å². The smallest absolute Gasteiger partial charge is 0.398 e. The highest BCUT2D eigenvalue weighted by molar-refractivity contribution is 5.48. The topological polar surface area (TPSA) is 29.3 Å². The summed E-state index contributed by atoms with van der Waals surface area (Å²) in [5, 5.41) is 0. The van der Waals surface area contributed by atoms with E-state index in [2.05, 4.69) is 0 Å². The maximum atomic E-state index is 12.4. The first-order chi connectivity index (χ1) is 8.31. The fourth-order valence-electron chi connectivity index (χ4n) is 1.90. The van der Waals surface area contributed by atoms with Gasteiger partial charge in [0.25, 0.3) is 0 Å². The van der Waals surface area contributed by atoms with Crippen molar-refractivity contribution in [1.82, 2.24) is 4.90 Å². The zero-order valence-corrected chi connectivity index (χ0v) is 10.7. The lowest BCUT2D eigenvalue weighted by Gasteiger charge is -2.24. The van der Waals surface area contributed by atoms with Crippen LogP contribution in [0.2, 0.25) is 0 Å². The van der Waals surface area contributed by atoms with Crippen LogP contribution in [0.5, 0.6) is 0 Å². The monoisotopic (exact) mass is 260 g/mol. The van der Waals surface area contributed by atoms with Gasteiger partial charge in [0.2, 0.25) is 0 Å². The second-order valence-corrected chi connectivity index (χ2v) is 4.53. The van der Waals surface area contributed by atoms with Crippen molar-refractivity contribution in [2.45, 2.75) is 33.0 Å². The number of hydrogen-bond acceptors (Lipinski definition) is 2. The van der Waals surface area contributed by atoms with Gasteiger partial charge in [0.05, 0.1) is 6.54 Å². The fraction of sp³-hybridized carbons (Fsp3) is 0.538. The van der Waals surface area contributed by atoms with Crippen molar-refractivity contribution >= 4 is 5.69 Å². The van der Waals surface area contributed by atoms with Gasteiger partial charge in [-0.25, -0.2) is 0 Å². The zero-order valence-electron chi connectivity index (χ0n) is 10.7. The SMILES string of the molecule is CCCN(Cc1cc(C)ccc1N)CC(F)(F)F. The number of aryl methyl sites for hydroxylation is 1. The maximum absolute atomic E-state index is 12.4. The molecule has 1 aromatic rings. The van der Waals surface area contributed by atoms with E-state index in [1.807, 2.05) is 26.0 Å². The molecule has 0 atom stereocenters. The maximum Gasteiger partial charge on any atom is 0.401 e. The Morgan fingerprint density at radius 3 is 2.50 bits per heavy atom. The van der Waals surface area contributed by atoms with Gasteiger partial charge in [-0.2, -0.15) is 13.2 Å². The fourth-order valence-corrected chi connectivity index (χ4v) is 1.90. The molecule has 2 nitrogen and oxygen atoms in total. The number of alkyl halides is 3. The number of nitrogen functional groups attached to an aromatic ring is 1. The average molecular weight is 260 g/mol. The van der Waals surface area contributed by atoms with E-state index in [4.69, 9.17) is 5.73 Å². The van der Waals surface area contributed by atoms with Crippen molar-refractivity contribution in [1.29, 1.82) is 0 Å². The Balaban J connectivity index is 2.79. The molecular formula is C13H19F3N2. The Bertz CT molecular complexity index is 388. The highest BCUT2D eigenvalue weighted by Gasteiger charge is 2.30. The van der Waals surface area contributed by atoms with Gasteiger partial charge in [0.15, 0.2) is 0 Å². The van der Waals surface area contributed by atoms with Crippen LogP contribution >= 0.6 is 0 Å². The van der Waals surface area contributed by atoms with Gasteiger partial charge in [0, 0.05) is 12.2 Å². The molecule has 0 fully saturated rings. The van der Waals surface area contributed by atoms with E-state index in [1.165, 1.54) is 4.90 Å². The first-order valence-electron chi connectivity index (χ1n) is 5.96. The summed E-state index contributed by atoms with van der Waals surface area (Å²) in [7, 11) is 0. The molecule has 0 heterocycles. The number of nitrogens with two attached hydrogens (primary N) is 1. The summed E-state index contributed by atoms with van der Waals surface area (Å²) in [6.45, 7) is 3.52. The second kappa shape index (κ2) is 6.09. The molecule has 0 aliphatic rings. The van der Waals surface area contributed by atoms with Crippen LogP contribution < -0.4 is 5.73 Å². The van der Waals surface area contributed by atoms with E-state index >= 15 is 0 Å². The van der Waals surface area contributed by atoms with Crippen LogP contribution in [0.1, 0.15) is 24.5 Å². The lowest BCUT2D eigenvalue weighted by atomic mass is 10.1. The molecule has 0 spiro atoms. The first kappa shape index (κ1) is 14.8. The molecule has 0 aliphatic carbocycles. The minimum absolute atomic E-state index is 0.237. The van der Waals surface area contributed by atoms with Crippen LogP contribution in [-0.4, -0.2) is 24.2 Å². The van der Waals surface area contributed by atoms with E-state index in [1.54, 1.807) is 6.07 Å². The highest BCUT2D eigenvalue weighted by atomic mass is 19.4. The third-order valence-electron chi connectivity index (χ3n) is 2.64. The molecule has 0 amide bonds. The number of benzene rings is 1. The molecule has 1 rings (SSSR count). The molecule has 5 heteroatoms. The lowest BCUT2D eigenvalue weighted by Crippen LogP contribution is -2.34. The van der Waals surface area contributed by atoms with Crippen LogP contribution in [0.4, 0.5) is 18.9 Å². The first-order valence-corrected chi connectivity index (χ1v) is 5.96. The van der Waals surface area contributed by atoms with Crippen molar-refractivity contribution in [3.05, 3.63) is 29.3 Å². The minimum atomic E-state index is -4.17. The third kappa shape index (κ3) is 4.96. The van der Waals surface area contributed by atoms with E-state index in [-0.39, 0.29) is 6.54 Å². The standard InChI is InChI=1S/C13H19F3N2/c1-3-6-18(9-13(14,15)16)8-11-7-10(2)4-5-12(11)17/h4-5,7H,3,6,8-9,17H2,1-2H3. The number of hydrogen-bond donors (Lipinski definition) is 1.